The highest BCUT2D eigenvalue weighted by Crippen LogP contribution is 2.38. The molecule has 4 rings (SSSR count). The van der Waals surface area contributed by atoms with Gasteiger partial charge in [-0.3, -0.25) is 19.2 Å². The van der Waals surface area contributed by atoms with Gasteiger partial charge in [-0.1, -0.05) is 75.6 Å². The van der Waals surface area contributed by atoms with E-state index in [2.05, 4.69) is 0 Å². The van der Waals surface area contributed by atoms with E-state index < -0.39 is 85.6 Å². The van der Waals surface area contributed by atoms with Crippen molar-refractivity contribution in [2.75, 3.05) is 40.9 Å². The van der Waals surface area contributed by atoms with Gasteiger partial charge in [0, 0.05) is 58.5 Å². The van der Waals surface area contributed by atoms with E-state index in [1.807, 2.05) is 58.1 Å². The predicted molar refractivity (Wildman–Crippen MR) is 262 cm³/mol. The van der Waals surface area contributed by atoms with Crippen LogP contribution in [0.1, 0.15) is 126 Å². The first-order valence-electron chi connectivity index (χ1n) is 25.1. The van der Waals surface area contributed by atoms with Gasteiger partial charge in [-0.25, -0.2) is 4.79 Å². The zero-order valence-electron chi connectivity index (χ0n) is 43.1. The Balaban J connectivity index is 1.70. The van der Waals surface area contributed by atoms with Gasteiger partial charge in [-0.15, -0.1) is 0 Å². The Morgan fingerprint density at radius 2 is 1.59 bits per heavy atom. The fourth-order valence-corrected chi connectivity index (χ4v) is 10.9. The molecule has 16 atom stereocenters. The number of cyclic esters (lactones) is 1. The molecule has 4 aliphatic rings. The average Bonchev–Trinajstić information content (AvgIpc) is 3.32. The maximum Gasteiger partial charge on any atom is 0.363 e. The molecule has 0 radical (unpaired) electrons. The van der Waals surface area contributed by atoms with Gasteiger partial charge in [0.15, 0.2) is 5.78 Å². The Bertz CT molecular complexity index is 1900. The van der Waals surface area contributed by atoms with E-state index in [0.29, 0.717) is 63.4 Å². The Morgan fingerprint density at radius 1 is 0.870 bits per heavy atom. The number of fused-ring (bicyclic) bond motifs is 3. The molecule has 69 heavy (non-hydrogen) atoms. The first-order chi connectivity index (χ1) is 32.6. The number of Topliss-reactive ketones (excluding diaryl/α,β-unsaturated/α-hetero) is 3. The smallest absolute Gasteiger partial charge is 0.363 e. The lowest BCUT2D eigenvalue weighted by Crippen LogP contribution is -2.61. The summed E-state index contributed by atoms with van der Waals surface area (Å²) in [6, 6.07) is -1.15. The lowest BCUT2D eigenvalue weighted by atomic mass is 9.78. The molecule has 0 aromatic heterocycles. The number of ketones is 3. The number of nitrogens with zero attached hydrogens (tertiary/aromatic N) is 1. The number of amides is 1. The van der Waals surface area contributed by atoms with Crippen molar-refractivity contribution in [3.05, 3.63) is 47.6 Å². The Kier molecular flexibility index (Phi) is 23.3. The summed E-state index contributed by atoms with van der Waals surface area (Å²) in [4.78, 5) is 72.2. The third-order valence-electron chi connectivity index (χ3n) is 14.9. The minimum Gasteiger partial charge on any atom is -0.460 e. The van der Waals surface area contributed by atoms with E-state index in [0.717, 1.165) is 12.0 Å². The SMILES string of the molecule is CO[C@H]1C[C@@H]2CC[C@@H](C)[C@@](O)(O2)C(=O)C(=O)N2CCCC[C@H]2C(=O)O[C@H]([C@H](C)C[C@@H]2CCC(OC[P+](C)=O)[C@H](OC)C2)CC(=O)[C@H](C)/C=C(\C)[C@@H](O)[C@@H](OC)C(=O)[C@H](C)C[C@H](C)/C=C/C=C/C=C/1C. The summed E-state index contributed by atoms with van der Waals surface area (Å²) < 4.78 is 47.5. The van der Waals surface area contributed by atoms with Gasteiger partial charge in [0.05, 0.1) is 24.4 Å². The summed E-state index contributed by atoms with van der Waals surface area (Å²) in [6.07, 6.45) is 11.9. The molecule has 16 heteroatoms. The first-order valence-corrected chi connectivity index (χ1v) is 27.0. The second kappa shape index (κ2) is 27.5. The summed E-state index contributed by atoms with van der Waals surface area (Å²) in [5.41, 5.74) is 1.26. The summed E-state index contributed by atoms with van der Waals surface area (Å²) in [7, 11) is 3.09. The second-order valence-electron chi connectivity index (χ2n) is 20.5. The number of ether oxygens (including phenoxy) is 6. The molecule has 1 saturated carbocycles. The predicted octanol–water partition coefficient (Wildman–Crippen LogP) is 7.62. The normalized spacial score (nSPS) is 39.0. The molecule has 15 nitrogen and oxygen atoms in total. The second-order valence-corrected chi connectivity index (χ2v) is 22.0. The van der Waals surface area contributed by atoms with E-state index in [-0.39, 0.29) is 67.3 Å². The van der Waals surface area contributed by atoms with Crippen LogP contribution in [0.25, 0.3) is 0 Å². The molecule has 2 unspecified atom stereocenters. The Labute approximate surface area is 411 Å². The molecule has 388 valence electrons. The van der Waals surface area contributed by atoms with E-state index in [4.69, 9.17) is 28.4 Å². The van der Waals surface area contributed by atoms with Crippen LogP contribution in [0.15, 0.2) is 47.6 Å². The summed E-state index contributed by atoms with van der Waals surface area (Å²) in [5.74, 6) is -8.03. The molecule has 2 bridgehead atoms. The number of carbonyl (C=O) groups excluding carboxylic acids is 5. The third kappa shape index (κ3) is 16.1. The van der Waals surface area contributed by atoms with Gasteiger partial charge in [0.1, 0.15) is 36.8 Å². The maximum atomic E-state index is 14.5. The maximum absolute atomic E-state index is 14.5. The average molecular weight is 989 g/mol. The molecular formula is C53H83NO14P+. The summed E-state index contributed by atoms with van der Waals surface area (Å²) in [5, 5.41) is 23.5. The molecule has 3 aliphatic heterocycles. The topological polar surface area (TPSA) is 201 Å². The number of rotatable bonds is 9. The van der Waals surface area contributed by atoms with Crippen molar-refractivity contribution in [1.82, 2.24) is 4.90 Å². The standard InChI is InChI=1S/C53H83NO14P/c1-32-17-13-12-14-18-33(2)44(63-8)29-40-22-20-38(7)53(61,68-40)50(58)51(59)54-24-16-15-19-41(54)52(60)67-45(35(4)27-39-21-23-43(46(28-39)64-9)66-31-69(11)62)30-42(55)34(3)26-37(6)48(57)49(65-10)47(56)36(5)25-32/h12-14,17-18,26,32,34-36,38-41,43-46,48-49,57,61H,15-16,19-25,27-31H2,1-11H3/q+1/b14-12+,17-13+,33-18+,37-26+/t32-,34-,35-,36-,38-,39+,40+,41+,43?,44+,45+,46-,48-,49+,53-/m1/s1. The van der Waals surface area contributed by atoms with Crippen molar-refractivity contribution in [1.29, 1.82) is 0 Å². The molecule has 1 amide bonds. The molecule has 0 spiro atoms. The van der Waals surface area contributed by atoms with Crippen LogP contribution < -0.4 is 0 Å². The quantitative estimate of drug-likeness (QED) is 0.0989. The minimum absolute atomic E-state index is 0.0133. The molecule has 3 fully saturated rings. The van der Waals surface area contributed by atoms with Crippen molar-refractivity contribution < 1.29 is 67.2 Å². The highest BCUT2D eigenvalue weighted by atomic mass is 31.1. The van der Waals surface area contributed by atoms with Crippen molar-refractivity contribution in [2.24, 2.45) is 35.5 Å². The lowest BCUT2D eigenvalue weighted by Gasteiger charge is -2.42. The van der Waals surface area contributed by atoms with Gasteiger partial charge in [-0.05, 0) is 107 Å². The van der Waals surface area contributed by atoms with Crippen LogP contribution in [0.3, 0.4) is 0 Å². The monoisotopic (exact) mass is 989 g/mol. The summed E-state index contributed by atoms with van der Waals surface area (Å²) >= 11 is 0. The van der Waals surface area contributed by atoms with Crippen LogP contribution in [-0.4, -0.2) is 140 Å². The van der Waals surface area contributed by atoms with Gasteiger partial charge in [0.25, 0.3) is 11.7 Å². The van der Waals surface area contributed by atoms with Gasteiger partial charge >= 0.3 is 13.8 Å². The minimum atomic E-state index is -2.44. The number of hydrogen-bond donors (Lipinski definition) is 2. The highest BCUT2D eigenvalue weighted by Gasteiger charge is 2.53. The van der Waals surface area contributed by atoms with Crippen LogP contribution in [-0.2, 0) is 57.0 Å². The van der Waals surface area contributed by atoms with Crippen molar-refractivity contribution in [3.63, 3.8) is 0 Å². The first kappa shape index (κ1) is 58.3. The molecule has 0 aromatic carbocycles. The van der Waals surface area contributed by atoms with Crippen molar-refractivity contribution in [3.8, 4) is 0 Å². The number of methoxy groups -OCH3 is 3. The van der Waals surface area contributed by atoms with Gasteiger partial charge in [-0.2, -0.15) is 0 Å². The molecular weight excluding hydrogens is 906 g/mol. The van der Waals surface area contributed by atoms with E-state index >= 15 is 0 Å². The highest BCUT2D eigenvalue weighted by molar-refractivity contribution is 7.43. The van der Waals surface area contributed by atoms with Crippen LogP contribution in [0, 0.1) is 35.5 Å². The molecule has 2 N–H and O–H groups in total. The number of esters is 1. The van der Waals surface area contributed by atoms with Gasteiger partial charge in [0.2, 0.25) is 12.1 Å². The van der Waals surface area contributed by atoms with E-state index in [1.54, 1.807) is 47.7 Å². The van der Waals surface area contributed by atoms with Gasteiger partial charge < -0.3 is 43.5 Å². The number of hydrogen-bond acceptors (Lipinski definition) is 14. The van der Waals surface area contributed by atoms with Crippen LogP contribution in [0.2, 0.25) is 0 Å². The Hall–Kier alpha value is -3.27. The van der Waals surface area contributed by atoms with Crippen LogP contribution in [0.5, 0.6) is 0 Å². The fraction of sp³-hybridized carbons (Fsp3) is 0.755. The molecule has 1 aliphatic carbocycles. The number of piperidine rings is 1. The van der Waals surface area contributed by atoms with Crippen LogP contribution >= 0.6 is 7.80 Å². The largest absolute Gasteiger partial charge is 0.460 e. The van der Waals surface area contributed by atoms with Crippen molar-refractivity contribution in [2.45, 2.75) is 180 Å². The molecule has 2 saturated heterocycles. The number of aliphatic hydroxyl groups excluding tert-OH is 1. The molecule has 3 heterocycles. The lowest BCUT2D eigenvalue weighted by molar-refractivity contribution is -0.265. The zero-order valence-corrected chi connectivity index (χ0v) is 44.0. The number of aliphatic hydroxyl groups is 2. The number of allylic oxidation sites excluding steroid dienone is 6. The van der Waals surface area contributed by atoms with E-state index in [9.17, 15) is 38.8 Å². The van der Waals surface area contributed by atoms with E-state index in [1.165, 1.54) is 12.0 Å². The van der Waals surface area contributed by atoms with Crippen molar-refractivity contribution >= 4 is 37.0 Å². The zero-order chi connectivity index (χ0) is 51.2. The Morgan fingerprint density at radius 3 is 2.26 bits per heavy atom. The fourth-order valence-electron chi connectivity index (χ4n) is 10.5. The third-order valence-corrected chi connectivity index (χ3v) is 15.4. The molecule has 0 aromatic rings. The number of carbonyl (C=O) groups is 5. The van der Waals surface area contributed by atoms with Crippen LogP contribution in [0.4, 0.5) is 0 Å². The summed E-state index contributed by atoms with van der Waals surface area (Å²) in [6.45, 7) is 14.4.